The van der Waals surface area contributed by atoms with Gasteiger partial charge >= 0.3 is 0 Å². The molecule has 0 radical (unpaired) electrons. The fourth-order valence-corrected chi connectivity index (χ4v) is 2.50. The second-order valence-electron chi connectivity index (χ2n) is 5.11. The second kappa shape index (κ2) is 6.44. The van der Waals surface area contributed by atoms with E-state index in [2.05, 4.69) is 0 Å². The molecule has 0 unspecified atom stereocenters. The first-order valence-electron chi connectivity index (χ1n) is 7.23. The van der Waals surface area contributed by atoms with Crippen LogP contribution < -0.4 is 4.74 Å². The lowest BCUT2D eigenvalue weighted by Crippen LogP contribution is -2.00. The molecule has 0 fully saturated rings. The Morgan fingerprint density at radius 1 is 1.00 bits per heavy atom. The lowest BCUT2D eigenvalue weighted by molar-refractivity contribution is 0.104. The van der Waals surface area contributed by atoms with Gasteiger partial charge < -0.3 is 4.74 Å². The fraction of sp³-hybridized carbons (Fsp3) is 0.0500. The minimum Gasteiger partial charge on any atom is -0.496 e. The van der Waals surface area contributed by atoms with Gasteiger partial charge in [-0.25, -0.2) is 4.39 Å². The maximum absolute atomic E-state index is 12.9. The third-order valence-corrected chi connectivity index (χ3v) is 3.65. The Kier molecular flexibility index (Phi) is 4.20. The molecular weight excluding hydrogens is 291 g/mol. The number of ketones is 1. The monoisotopic (exact) mass is 306 g/mol. The van der Waals surface area contributed by atoms with Crippen molar-refractivity contribution in [2.75, 3.05) is 7.11 Å². The van der Waals surface area contributed by atoms with Crippen LogP contribution in [-0.4, -0.2) is 12.9 Å². The summed E-state index contributed by atoms with van der Waals surface area (Å²) < 4.78 is 18.3. The quantitative estimate of drug-likeness (QED) is 0.507. The molecule has 23 heavy (non-hydrogen) atoms. The zero-order valence-corrected chi connectivity index (χ0v) is 12.6. The lowest BCUT2D eigenvalue weighted by atomic mass is 9.99. The van der Waals surface area contributed by atoms with Gasteiger partial charge in [-0.05, 0) is 40.6 Å². The highest BCUT2D eigenvalue weighted by molar-refractivity contribution is 6.16. The van der Waals surface area contributed by atoms with Gasteiger partial charge in [0.2, 0.25) is 0 Å². The van der Waals surface area contributed by atoms with E-state index in [1.807, 2.05) is 30.3 Å². The topological polar surface area (TPSA) is 26.3 Å². The number of benzene rings is 3. The Morgan fingerprint density at radius 2 is 1.74 bits per heavy atom. The molecule has 0 saturated heterocycles. The van der Waals surface area contributed by atoms with Crippen LogP contribution in [0.3, 0.4) is 0 Å². The third kappa shape index (κ3) is 3.14. The Morgan fingerprint density at radius 3 is 2.48 bits per heavy atom. The number of fused-ring (bicyclic) bond motifs is 1. The summed E-state index contributed by atoms with van der Waals surface area (Å²) in [7, 11) is 1.55. The van der Waals surface area contributed by atoms with Gasteiger partial charge in [-0.3, -0.25) is 4.79 Å². The van der Waals surface area contributed by atoms with Crippen LogP contribution in [0.25, 0.3) is 16.8 Å². The first-order valence-corrected chi connectivity index (χ1v) is 7.23. The Labute approximate surface area is 133 Å². The fourth-order valence-electron chi connectivity index (χ4n) is 2.50. The van der Waals surface area contributed by atoms with Crippen molar-refractivity contribution in [1.82, 2.24) is 0 Å². The number of rotatable bonds is 4. The van der Waals surface area contributed by atoms with Gasteiger partial charge in [0, 0.05) is 0 Å². The molecule has 0 saturated carbocycles. The molecule has 0 bridgehead atoms. The maximum Gasteiger partial charge on any atom is 0.190 e. The standard InChI is InChI=1S/C20H15FO2/c1-23-19-13-9-15-4-2-3-5-17(15)20(19)18(22)12-8-14-6-10-16(21)11-7-14/h2-13H,1H3/b12-8+. The number of halogens is 1. The van der Waals surface area contributed by atoms with E-state index in [0.29, 0.717) is 11.3 Å². The van der Waals surface area contributed by atoms with Gasteiger partial charge in [0.05, 0.1) is 12.7 Å². The van der Waals surface area contributed by atoms with Crippen LogP contribution in [0.5, 0.6) is 5.75 Å². The van der Waals surface area contributed by atoms with Crippen molar-refractivity contribution in [3.63, 3.8) is 0 Å². The molecular formula is C20H15FO2. The van der Waals surface area contributed by atoms with E-state index in [9.17, 15) is 9.18 Å². The minimum atomic E-state index is -0.302. The van der Waals surface area contributed by atoms with E-state index in [-0.39, 0.29) is 11.6 Å². The predicted molar refractivity (Wildman–Crippen MR) is 90.3 cm³/mol. The molecule has 0 aliphatic rings. The smallest absolute Gasteiger partial charge is 0.190 e. The molecule has 3 rings (SSSR count). The van der Waals surface area contributed by atoms with Crippen LogP contribution in [0.2, 0.25) is 0 Å². The van der Waals surface area contributed by atoms with Gasteiger partial charge in [0.15, 0.2) is 5.78 Å². The number of allylic oxidation sites excluding steroid dienone is 1. The van der Waals surface area contributed by atoms with E-state index in [0.717, 1.165) is 16.3 Å². The largest absolute Gasteiger partial charge is 0.496 e. The molecule has 0 spiro atoms. The summed E-state index contributed by atoms with van der Waals surface area (Å²) in [6.45, 7) is 0. The Hall–Kier alpha value is -2.94. The third-order valence-electron chi connectivity index (χ3n) is 3.65. The molecule has 0 N–H and O–H groups in total. The Bertz CT molecular complexity index is 880. The highest BCUT2D eigenvalue weighted by Gasteiger charge is 2.13. The normalized spacial score (nSPS) is 11.0. The number of methoxy groups -OCH3 is 1. The SMILES string of the molecule is COc1ccc2ccccc2c1C(=O)/C=C/c1ccc(F)cc1. The summed E-state index contributed by atoms with van der Waals surface area (Å²) in [6.07, 6.45) is 3.15. The molecule has 0 aliphatic heterocycles. The van der Waals surface area contributed by atoms with E-state index in [1.165, 1.54) is 18.2 Å². The van der Waals surface area contributed by atoms with Crippen molar-refractivity contribution in [1.29, 1.82) is 0 Å². The van der Waals surface area contributed by atoms with Crippen molar-refractivity contribution in [3.05, 3.63) is 83.7 Å². The second-order valence-corrected chi connectivity index (χ2v) is 5.11. The molecule has 114 valence electrons. The first-order chi connectivity index (χ1) is 11.2. The lowest BCUT2D eigenvalue weighted by Gasteiger charge is -2.09. The number of carbonyl (C=O) groups is 1. The molecule has 3 aromatic rings. The molecule has 0 amide bonds. The zero-order valence-electron chi connectivity index (χ0n) is 12.6. The molecule has 0 heterocycles. The molecule has 2 nitrogen and oxygen atoms in total. The van der Waals surface area contributed by atoms with Crippen LogP contribution in [0.1, 0.15) is 15.9 Å². The van der Waals surface area contributed by atoms with Crippen molar-refractivity contribution in [3.8, 4) is 5.75 Å². The molecule has 0 aromatic heterocycles. The predicted octanol–water partition coefficient (Wildman–Crippen LogP) is 4.88. The zero-order chi connectivity index (χ0) is 16.2. The van der Waals surface area contributed by atoms with Crippen molar-refractivity contribution >= 4 is 22.6 Å². The van der Waals surface area contributed by atoms with Crippen LogP contribution in [0.15, 0.2) is 66.7 Å². The summed E-state index contributed by atoms with van der Waals surface area (Å²) in [5.41, 5.74) is 1.29. The number of ether oxygens (including phenoxy) is 1. The van der Waals surface area contributed by atoms with E-state index < -0.39 is 0 Å². The molecule has 0 atom stereocenters. The molecule has 3 heteroatoms. The molecule has 3 aromatic carbocycles. The number of hydrogen-bond acceptors (Lipinski definition) is 2. The number of carbonyl (C=O) groups excluding carboxylic acids is 1. The van der Waals surface area contributed by atoms with E-state index in [1.54, 1.807) is 31.4 Å². The summed E-state index contributed by atoms with van der Waals surface area (Å²) in [6, 6.07) is 17.4. The summed E-state index contributed by atoms with van der Waals surface area (Å²) in [5.74, 6) is 0.0876. The van der Waals surface area contributed by atoms with Gasteiger partial charge in [0.25, 0.3) is 0 Å². The van der Waals surface area contributed by atoms with Gasteiger partial charge in [-0.1, -0.05) is 48.5 Å². The van der Waals surface area contributed by atoms with Crippen molar-refractivity contribution < 1.29 is 13.9 Å². The first kappa shape index (κ1) is 15.0. The highest BCUT2D eigenvalue weighted by Crippen LogP contribution is 2.28. The minimum absolute atomic E-state index is 0.150. The van der Waals surface area contributed by atoms with E-state index in [4.69, 9.17) is 4.74 Å². The van der Waals surface area contributed by atoms with Gasteiger partial charge in [-0.15, -0.1) is 0 Å². The van der Waals surface area contributed by atoms with Gasteiger partial charge in [0.1, 0.15) is 11.6 Å². The van der Waals surface area contributed by atoms with Crippen molar-refractivity contribution in [2.45, 2.75) is 0 Å². The van der Waals surface area contributed by atoms with Crippen LogP contribution in [-0.2, 0) is 0 Å². The van der Waals surface area contributed by atoms with Crippen LogP contribution in [0.4, 0.5) is 4.39 Å². The average molecular weight is 306 g/mol. The van der Waals surface area contributed by atoms with Crippen LogP contribution in [0, 0.1) is 5.82 Å². The maximum atomic E-state index is 12.9. The summed E-state index contributed by atoms with van der Waals surface area (Å²) in [5, 5.41) is 1.83. The average Bonchev–Trinajstić information content (AvgIpc) is 2.60. The van der Waals surface area contributed by atoms with Gasteiger partial charge in [-0.2, -0.15) is 0 Å². The Balaban J connectivity index is 2.01. The van der Waals surface area contributed by atoms with Crippen LogP contribution >= 0.6 is 0 Å². The van der Waals surface area contributed by atoms with Crippen molar-refractivity contribution in [2.24, 2.45) is 0 Å². The molecule has 0 aliphatic carbocycles. The number of hydrogen-bond donors (Lipinski definition) is 0. The van der Waals surface area contributed by atoms with E-state index >= 15 is 0 Å². The summed E-state index contributed by atoms with van der Waals surface area (Å²) >= 11 is 0. The highest BCUT2D eigenvalue weighted by atomic mass is 19.1. The summed E-state index contributed by atoms with van der Waals surface area (Å²) in [4.78, 5) is 12.6.